The van der Waals surface area contributed by atoms with Gasteiger partial charge in [0.1, 0.15) is 0 Å². The third kappa shape index (κ3) is 4.28. The van der Waals surface area contributed by atoms with E-state index in [1.165, 1.54) is 38.5 Å². The zero-order chi connectivity index (χ0) is 17.0. The first-order valence-electron chi connectivity index (χ1n) is 6.79. The van der Waals surface area contributed by atoms with Crippen molar-refractivity contribution >= 4 is 5.82 Å². The maximum Gasteiger partial charge on any atom is 0.425 e. The van der Waals surface area contributed by atoms with E-state index in [1.54, 1.807) is 6.07 Å². The predicted molar refractivity (Wildman–Crippen MR) is 78.4 cm³/mol. The van der Waals surface area contributed by atoms with Gasteiger partial charge in [0.25, 0.3) is 0 Å². The number of nitrogens with one attached hydrogen (secondary N) is 1. The monoisotopic (exact) mass is 327 g/mol. The lowest BCUT2D eigenvalue weighted by molar-refractivity contribution is -0.207. The smallest absolute Gasteiger partial charge is 0.425 e. The third-order valence-corrected chi connectivity index (χ3v) is 3.01. The van der Waals surface area contributed by atoms with Gasteiger partial charge in [-0.3, -0.25) is 4.98 Å². The van der Waals surface area contributed by atoms with Crippen LogP contribution in [-0.4, -0.2) is 27.2 Å². The number of hydrazine groups is 1. The van der Waals surface area contributed by atoms with Gasteiger partial charge in [-0.25, -0.2) is 15.8 Å². The number of aromatic nitrogens is 3. The summed E-state index contributed by atoms with van der Waals surface area (Å²) in [4.78, 5) is 12.0. The number of ether oxygens (including phenoxy) is 1. The Morgan fingerprint density at radius 3 is 2.26 bits per heavy atom. The Kier molecular flexibility index (Phi) is 4.99. The average Bonchev–Trinajstić information content (AvgIpc) is 2.52. The van der Waals surface area contributed by atoms with E-state index in [1.807, 2.05) is 0 Å². The number of halogens is 3. The van der Waals surface area contributed by atoms with Crippen molar-refractivity contribution < 1.29 is 17.9 Å². The van der Waals surface area contributed by atoms with Crippen LogP contribution in [0.25, 0.3) is 11.3 Å². The normalized spacial score (nSPS) is 13.0. The van der Waals surface area contributed by atoms with E-state index in [-0.39, 0.29) is 5.88 Å². The summed E-state index contributed by atoms with van der Waals surface area (Å²) in [5, 5.41) is 0. The van der Waals surface area contributed by atoms with Crippen LogP contribution in [0.15, 0.2) is 30.7 Å². The molecule has 0 aromatic carbocycles. The van der Waals surface area contributed by atoms with E-state index in [4.69, 9.17) is 10.6 Å². The lowest BCUT2D eigenvalue weighted by Gasteiger charge is -2.24. The van der Waals surface area contributed by atoms with Gasteiger partial charge >= 0.3 is 6.18 Å². The van der Waals surface area contributed by atoms with E-state index >= 15 is 0 Å². The molecule has 2 rings (SSSR count). The van der Waals surface area contributed by atoms with Gasteiger partial charge in [0.2, 0.25) is 5.88 Å². The molecule has 0 fully saturated rings. The average molecular weight is 327 g/mol. The SMILES string of the molecule is CC(C)C(Oc1ccc(-c2cnc(NN)cn2)cn1)C(F)(F)F. The van der Waals surface area contributed by atoms with Crippen LogP contribution in [0.5, 0.6) is 5.88 Å². The van der Waals surface area contributed by atoms with Crippen LogP contribution >= 0.6 is 0 Å². The first kappa shape index (κ1) is 16.9. The minimum absolute atomic E-state index is 0.0991. The molecule has 0 aliphatic rings. The van der Waals surface area contributed by atoms with E-state index in [0.717, 1.165) is 0 Å². The van der Waals surface area contributed by atoms with Gasteiger partial charge in [-0.1, -0.05) is 13.8 Å². The molecule has 6 nitrogen and oxygen atoms in total. The van der Waals surface area contributed by atoms with Crippen molar-refractivity contribution in [3.05, 3.63) is 30.7 Å². The highest BCUT2D eigenvalue weighted by atomic mass is 19.4. The minimum atomic E-state index is -4.45. The lowest BCUT2D eigenvalue weighted by atomic mass is 10.1. The number of alkyl halides is 3. The Hall–Kier alpha value is -2.42. The summed E-state index contributed by atoms with van der Waals surface area (Å²) in [5.41, 5.74) is 3.46. The molecule has 23 heavy (non-hydrogen) atoms. The van der Waals surface area contributed by atoms with E-state index in [9.17, 15) is 13.2 Å². The number of nitrogens with zero attached hydrogens (tertiary/aromatic N) is 3. The summed E-state index contributed by atoms with van der Waals surface area (Å²) in [6.45, 7) is 2.88. The second-order valence-electron chi connectivity index (χ2n) is 5.14. The highest BCUT2D eigenvalue weighted by Crippen LogP contribution is 2.29. The summed E-state index contributed by atoms with van der Waals surface area (Å²) in [5.74, 6) is 4.76. The minimum Gasteiger partial charge on any atom is -0.464 e. The molecule has 1 atom stereocenters. The molecule has 2 aromatic heterocycles. The number of hydrogen-bond acceptors (Lipinski definition) is 6. The molecule has 2 aromatic rings. The van der Waals surface area contributed by atoms with Crippen molar-refractivity contribution in [1.82, 2.24) is 15.0 Å². The fourth-order valence-electron chi connectivity index (χ4n) is 1.86. The second-order valence-corrected chi connectivity index (χ2v) is 5.14. The maximum atomic E-state index is 12.9. The van der Waals surface area contributed by atoms with Gasteiger partial charge in [0, 0.05) is 17.8 Å². The molecule has 3 N–H and O–H groups in total. The molecule has 0 bridgehead atoms. The molecule has 0 spiro atoms. The summed E-state index contributed by atoms with van der Waals surface area (Å²) >= 11 is 0. The Bertz CT molecular complexity index is 628. The van der Waals surface area contributed by atoms with Crippen molar-refractivity contribution in [2.45, 2.75) is 26.1 Å². The van der Waals surface area contributed by atoms with Crippen LogP contribution < -0.4 is 16.0 Å². The van der Waals surface area contributed by atoms with Crippen molar-refractivity contribution in [1.29, 1.82) is 0 Å². The molecule has 0 aliphatic heterocycles. The summed E-state index contributed by atoms with van der Waals surface area (Å²) in [7, 11) is 0. The highest BCUT2D eigenvalue weighted by Gasteiger charge is 2.44. The van der Waals surface area contributed by atoms with Crippen LogP contribution in [0.3, 0.4) is 0 Å². The molecule has 0 saturated carbocycles. The second kappa shape index (κ2) is 6.78. The molecular formula is C14H16F3N5O. The Labute approximate surface area is 130 Å². The summed E-state index contributed by atoms with van der Waals surface area (Å²) in [6, 6.07) is 2.93. The van der Waals surface area contributed by atoms with Crippen LogP contribution in [0.2, 0.25) is 0 Å². The molecule has 124 valence electrons. The molecular weight excluding hydrogens is 311 g/mol. The zero-order valence-corrected chi connectivity index (χ0v) is 12.5. The summed E-state index contributed by atoms with van der Waals surface area (Å²) < 4.78 is 43.6. The number of pyridine rings is 1. The number of nitrogen functional groups attached to an aromatic ring is 1. The van der Waals surface area contributed by atoms with Crippen molar-refractivity contribution in [3.63, 3.8) is 0 Å². The zero-order valence-electron chi connectivity index (χ0n) is 12.5. The number of nitrogens with two attached hydrogens (primary N) is 1. The van der Waals surface area contributed by atoms with Crippen molar-refractivity contribution in [2.75, 3.05) is 5.43 Å². The maximum absolute atomic E-state index is 12.9. The molecule has 0 saturated heterocycles. The molecule has 1 unspecified atom stereocenters. The first-order chi connectivity index (χ1) is 10.8. The van der Waals surface area contributed by atoms with Gasteiger partial charge in [-0.15, -0.1) is 0 Å². The van der Waals surface area contributed by atoms with Gasteiger partial charge < -0.3 is 10.2 Å². The summed E-state index contributed by atoms with van der Waals surface area (Å²) in [6.07, 6.45) is -2.08. The van der Waals surface area contributed by atoms with Gasteiger partial charge in [0.05, 0.1) is 18.1 Å². The van der Waals surface area contributed by atoms with Crippen molar-refractivity contribution in [2.24, 2.45) is 11.8 Å². The van der Waals surface area contributed by atoms with E-state index in [0.29, 0.717) is 17.1 Å². The van der Waals surface area contributed by atoms with Crippen LogP contribution in [0.1, 0.15) is 13.8 Å². The van der Waals surface area contributed by atoms with Gasteiger partial charge in [0.15, 0.2) is 11.9 Å². The van der Waals surface area contributed by atoms with Crippen molar-refractivity contribution in [3.8, 4) is 17.1 Å². The molecule has 0 radical (unpaired) electrons. The van der Waals surface area contributed by atoms with Gasteiger partial charge in [-0.2, -0.15) is 13.2 Å². The highest BCUT2D eigenvalue weighted by molar-refractivity contribution is 5.57. The van der Waals surface area contributed by atoms with Gasteiger partial charge in [-0.05, 0) is 12.0 Å². The number of anilines is 1. The standard InChI is InChI=1S/C14H16F3N5O/c1-8(2)13(14(15,16)17)23-12-4-3-9(5-21-12)10-6-20-11(22-18)7-19-10/h3-8,13H,18H2,1-2H3,(H,20,22). The molecule has 0 aliphatic carbocycles. The molecule has 9 heteroatoms. The van der Waals surface area contributed by atoms with Crippen LogP contribution in [-0.2, 0) is 0 Å². The van der Waals surface area contributed by atoms with Crippen LogP contribution in [0, 0.1) is 5.92 Å². The Balaban J connectivity index is 2.15. The van der Waals surface area contributed by atoms with Crippen LogP contribution in [0.4, 0.5) is 19.0 Å². The number of hydrogen-bond donors (Lipinski definition) is 2. The molecule has 0 amide bonds. The lowest BCUT2D eigenvalue weighted by Crippen LogP contribution is -2.39. The quantitative estimate of drug-likeness (QED) is 0.649. The largest absolute Gasteiger partial charge is 0.464 e. The Morgan fingerprint density at radius 1 is 1.09 bits per heavy atom. The first-order valence-corrected chi connectivity index (χ1v) is 6.79. The molecule has 2 heterocycles. The fraction of sp³-hybridized carbons (Fsp3) is 0.357. The number of rotatable bonds is 5. The van der Waals surface area contributed by atoms with E-state index < -0.39 is 18.2 Å². The third-order valence-electron chi connectivity index (χ3n) is 3.01. The predicted octanol–water partition coefficient (Wildman–Crippen LogP) is 2.79. The fourth-order valence-corrected chi connectivity index (χ4v) is 1.86. The topological polar surface area (TPSA) is 86.0 Å². The Morgan fingerprint density at radius 2 is 1.83 bits per heavy atom. The van der Waals surface area contributed by atoms with E-state index in [2.05, 4.69) is 20.4 Å².